The van der Waals surface area contributed by atoms with E-state index >= 15 is 0 Å². The van der Waals surface area contributed by atoms with Crippen LogP contribution in [0.5, 0.6) is 0 Å². The number of allylic oxidation sites excluding steroid dienone is 1. The standard InChI is InChI=1S/C21H30O2.C13H16N2O2/c1-13(22)17-6-7-18-16-5-4-14-12-15(23)8-10-20(14,2)19(16)9-11-21(17,18)3;1-2-13(8-7-11(16)15-12(13)17)9-3-5-10(14)6-4-9/h12,16-19H,4-11H2,1-3H3;3-6H,2,7-8,14H2,1H3,(H,15,16,17)/t16-,17+,18-,19-,20-,21+;/m0./s1. The summed E-state index contributed by atoms with van der Waals surface area (Å²) in [6, 6.07) is 7.31. The molecule has 216 valence electrons. The van der Waals surface area contributed by atoms with Gasteiger partial charge in [-0.3, -0.25) is 24.5 Å². The van der Waals surface area contributed by atoms with Crippen LogP contribution in [-0.2, 0) is 24.6 Å². The van der Waals surface area contributed by atoms with Gasteiger partial charge in [0.15, 0.2) is 5.78 Å². The number of hydrogen-bond acceptors (Lipinski definition) is 5. The molecule has 2 amide bonds. The predicted molar refractivity (Wildman–Crippen MR) is 156 cm³/mol. The number of carbonyl (C=O) groups is 4. The van der Waals surface area contributed by atoms with E-state index in [4.69, 9.17) is 5.73 Å². The maximum absolute atomic E-state index is 12.1. The SMILES string of the molecule is CC(=O)[C@H]1CC[C@H]2[C@@H]3CCC4=CC(=O)CC[C@]4(C)[C@H]3CC[C@]12C.CCC1(c2ccc(N)cc2)CCC(=O)NC1=O. The Morgan fingerprint density at radius 1 is 0.925 bits per heavy atom. The third kappa shape index (κ3) is 4.65. The third-order valence-electron chi connectivity index (χ3n) is 12.0. The first kappa shape index (κ1) is 28.8. The third-order valence-corrected chi connectivity index (χ3v) is 12.0. The Balaban J connectivity index is 0.000000170. The molecule has 1 unspecified atom stereocenters. The highest BCUT2D eigenvalue weighted by atomic mass is 16.2. The Morgan fingerprint density at radius 2 is 1.65 bits per heavy atom. The molecule has 1 heterocycles. The van der Waals surface area contributed by atoms with Gasteiger partial charge in [-0.25, -0.2) is 0 Å². The maximum Gasteiger partial charge on any atom is 0.237 e. The number of carbonyl (C=O) groups excluding carboxylic acids is 4. The van der Waals surface area contributed by atoms with Crippen LogP contribution >= 0.6 is 0 Å². The second-order valence-corrected chi connectivity index (χ2v) is 13.7. The van der Waals surface area contributed by atoms with Crippen molar-refractivity contribution in [1.82, 2.24) is 5.32 Å². The van der Waals surface area contributed by atoms with Crippen LogP contribution in [-0.4, -0.2) is 23.4 Å². The normalized spacial score (nSPS) is 38.6. The van der Waals surface area contributed by atoms with Gasteiger partial charge < -0.3 is 5.73 Å². The van der Waals surface area contributed by atoms with Crippen molar-refractivity contribution in [3.8, 4) is 0 Å². The number of ketones is 2. The van der Waals surface area contributed by atoms with Gasteiger partial charge >= 0.3 is 0 Å². The van der Waals surface area contributed by atoms with Crippen molar-refractivity contribution in [3.05, 3.63) is 41.5 Å². The summed E-state index contributed by atoms with van der Waals surface area (Å²) >= 11 is 0. The van der Waals surface area contributed by atoms with Crippen LogP contribution in [0.1, 0.15) is 104 Å². The summed E-state index contributed by atoms with van der Waals surface area (Å²) in [5.41, 5.74) is 8.61. The molecule has 4 fully saturated rings. The fourth-order valence-electron chi connectivity index (χ4n) is 9.60. The van der Waals surface area contributed by atoms with Gasteiger partial charge in [0.1, 0.15) is 5.78 Å². The number of imide groups is 1. The van der Waals surface area contributed by atoms with Gasteiger partial charge in [0, 0.05) is 24.4 Å². The number of piperidine rings is 1. The van der Waals surface area contributed by atoms with E-state index in [-0.39, 0.29) is 22.6 Å². The van der Waals surface area contributed by atoms with Gasteiger partial charge in [-0.05, 0) is 117 Å². The zero-order valence-electron chi connectivity index (χ0n) is 24.7. The molecule has 7 atom stereocenters. The summed E-state index contributed by atoms with van der Waals surface area (Å²) in [6.45, 7) is 8.61. The van der Waals surface area contributed by atoms with Crippen molar-refractivity contribution in [2.75, 3.05) is 5.73 Å². The number of amides is 2. The van der Waals surface area contributed by atoms with Crippen LogP contribution in [0.3, 0.4) is 0 Å². The Bertz CT molecular complexity index is 1230. The van der Waals surface area contributed by atoms with Crippen LogP contribution in [0, 0.1) is 34.5 Å². The van der Waals surface area contributed by atoms with Gasteiger partial charge in [-0.1, -0.05) is 38.5 Å². The number of nitrogens with one attached hydrogen (secondary N) is 1. The smallest absolute Gasteiger partial charge is 0.237 e. The van der Waals surface area contributed by atoms with Gasteiger partial charge in [0.25, 0.3) is 0 Å². The second kappa shape index (κ2) is 10.6. The number of benzene rings is 1. The van der Waals surface area contributed by atoms with E-state index in [2.05, 4.69) is 19.2 Å². The summed E-state index contributed by atoms with van der Waals surface area (Å²) in [5.74, 6) is 2.91. The van der Waals surface area contributed by atoms with Crippen LogP contribution in [0.25, 0.3) is 0 Å². The molecule has 1 aromatic carbocycles. The molecule has 6 rings (SSSR count). The molecule has 0 radical (unpaired) electrons. The van der Waals surface area contributed by atoms with Gasteiger partial charge in [0.2, 0.25) is 11.8 Å². The molecule has 4 aliphatic carbocycles. The summed E-state index contributed by atoms with van der Waals surface area (Å²) in [6.07, 6.45) is 12.6. The van der Waals surface area contributed by atoms with Crippen molar-refractivity contribution >= 4 is 29.1 Å². The average molecular weight is 547 g/mol. The first-order valence-corrected chi connectivity index (χ1v) is 15.4. The maximum atomic E-state index is 12.1. The predicted octanol–water partition coefficient (Wildman–Crippen LogP) is 6.08. The monoisotopic (exact) mass is 546 g/mol. The van der Waals surface area contributed by atoms with Gasteiger partial charge in [-0.15, -0.1) is 0 Å². The Kier molecular flexibility index (Phi) is 7.60. The molecule has 6 heteroatoms. The number of nitrogen functional groups attached to an aromatic ring is 1. The number of rotatable bonds is 3. The average Bonchev–Trinajstić information content (AvgIpc) is 3.28. The lowest BCUT2D eigenvalue weighted by atomic mass is 9.47. The number of fused-ring (bicyclic) bond motifs is 5. The molecular formula is C34H46N2O4. The topological polar surface area (TPSA) is 106 Å². The Labute approximate surface area is 238 Å². The molecule has 0 aromatic heterocycles. The van der Waals surface area contributed by atoms with Gasteiger partial charge in [-0.2, -0.15) is 0 Å². The Hall–Kier alpha value is -2.76. The molecule has 5 aliphatic rings. The molecule has 6 nitrogen and oxygen atoms in total. The summed E-state index contributed by atoms with van der Waals surface area (Å²) < 4.78 is 0. The highest BCUT2D eigenvalue weighted by Crippen LogP contribution is 2.66. The minimum Gasteiger partial charge on any atom is -0.399 e. The molecule has 1 aliphatic heterocycles. The van der Waals surface area contributed by atoms with E-state index in [1.54, 1.807) is 19.1 Å². The molecular weight excluding hydrogens is 500 g/mol. The highest BCUT2D eigenvalue weighted by Gasteiger charge is 2.59. The summed E-state index contributed by atoms with van der Waals surface area (Å²) in [7, 11) is 0. The first-order chi connectivity index (χ1) is 18.9. The summed E-state index contributed by atoms with van der Waals surface area (Å²) in [5, 5.41) is 2.43. The van der Waals surface area contributed by atoms with Gasteiger partial charge in [0.05, 0.1) is 5.41 Å². The van der Waals surface area contributed by atoms with Crippen LogP contribution < -0.4 is 11.1 Å². The van der Waals surface area contributed by atoms with E-state index in [0.717, 1.165) is 49.0 Å². The second-order valence-electron chi connectivity index (χ2n) is 13.7. The number of Topliss-reactive ketones (excluding diaryl/α,β-unsaturated/α-hetero) is 1. The Morgan fingerprint density at radius 3 is 2.30 bits per heavy atom. The summed E-state index contributed by atoms with van der Waals surface area (Å²) in [4.78, 5) is 47.3. The molecule has 1 aromatic rings. The number of anilines is 1. The van der Waals surface area contributed by atoms with Crippen LogP contribution in [0.4, 0.5) is 5.69 Å². The molecule has 1 saturated heterocycles. The van der Waals surface area contributed by atoms with E-state index in [9.17, 15) is 19.2 Å². The first-order valence-electron chi connectivity index (χ1n) is 15.4. The molecule has 3 N–H and O–H groups in total. The number of nitrogens with two attached hydrogens (primary N) is 1. The van der Waals surface area contributed by atoms with Crippen molar-refractivity contribution in [1.29, 1.82) is 0 Å². The van der Waals surface area contributed by atoms with E-state index in [1.165, 1.54) is 31.3 Å². The lowest BCUT2D eigenvalue weighted by Crippen LogP contribution is -2.51. The highest BCUT2D eigenvalue weighted by molar-refractivity contribution is 6.03. The zero-order chi connectivity index (χ0) is 28.9. The minimum absolute atomic E-state index is 0.186. The lowest BCUT2D eigenvalue weighted by molar-refractivity contribution is -0.138. The number of hydrogen-bond donors (Lipinski definition) is 2. The van der Waals surface area contributed by atoms with Crippen LogP contribution in [0.2, 0.25) is 0 Å². The van der Waals surface area contributed by atoms with Crippen molar-refractivity contribution in [2.45, 2.75) is 104 Å². The lowest BCUT2D eigenvalue weighted by Gasteiger charge is -2.58. The fraction of sp³-hybridized carbons (Fsp3) is 0.647. The van der Waals surface area contributed by atoms with Crippen molar-refractivity contribution < 1.29 is 19.2 Å². The van der Waals surface area contributed by atoms with E-state index in [1.807, 2.05) is 25.1 Å². The quantitative estimate of drug-likeness (QED) is 0.353. The van der Waals surface area contributed by atoms with E-state index in [0.29, 0.717) is 42.4 Å². The van der Waals surface area contributed by atoms with Crippen LogP contribution in [0.15, 0.2) is 35.9 Å². The molecule has 40 heavy (non-hydrogen) atoms. The minimum atomic E-state index is -0.582. The van der Waals surface area contributed by atoms with E-state index < -0.39 is 5.41 Å². The molecule has 3 saturated carbocycles. The molecule has 0 spiro atoms. The van der Waals surface area contributed by atoms with Crippen molar-refractivity contribution in [2.24, 2.45) is 34.5 Å². The van der Waals surface area contributed by atoms with Crippen molar-refractivity contribution in [3.63, 3.8) is 0 Å². The zero-order valence-corrected chi connectivity index (χ0v) is 24.7. The molecule has 0 bridgehead atoms. The largest absolute Gasteiger partial charge is 0.399 e. The fourth-order valence-corrected chi connectivity index (χ4v) is 9.60.